The maximum absolute atomic E-state index is 13.5. The molecule has 8 nitrogen and oxygen atoms in total. The van der Waals surface area contributed by atoms with E-state index < -0.39 is 22.5 Å². The molecule has 40 heavy (non-hydrogen) atoms. The van der Waals surface area contributed by atoms with E-state index in [0.29, 0.717) is 39.4 Å². The number of halogens is 1. The van der Waals surface area contributed by atoms with Crippen molar-refractivity contribution in [1.82, 2.24) is 5.43 Å². The van der Waals surface area contributed by atoms with Crippen molar-refractivity contribution in [2.45, 2.75) is 18.4 Å². The van der Waals surface area contributed by atoms with Gasteiger partial charge in [0.1, 0.15) is 13.2 Å². The SMILES string of the molecule is COc1cc(/C=N\NC(=O)CN(c2ccccc2C)S(=O)(=O)c2ccccc2)cc(Br)c1OCc1ccccc1. The molecule has 4 aromatic rings. The van der Waals surface area contributed by atoms with Crippen molar-refractivity contribution in [2.75, 3.05) is 18.0 Å². The molecule has 0 aliphatic heterocycles. The molecule has 0 spiro atoms. The smallest absolute Gasteiger partial charge is 0.264 e. The number of hydrogen-bond acceptors (Lipinski definition) is 6. The molecule has 0 bridgehead atoms. The Labute approximate surface area is 242 Å². The first kappa shape index (κ1) is 28.8. The Hall–Kier alpha value is -4.15. The number of aryl methyl sites for hydroxylation is 1. The lowest BCUT2D eigenvalue weighted by Gasteiger charge is -2.25. The number of methoxy groups -OCH3 is 1. The van der Waals surface area contributed by atoms with E-state index in [4.69, 9.17) is 9.47 Å². The van der Waals surface area contributed by atoms with Gasteiger partial charge in [0.2, 0.25) is 0 Å². The van der Waals surface area contributed by atoms with Gasteiger partial charge in [-0.3, -0.25) is 9.10 Å². The summed E-state index contributed by atoms with van der Waals surface area (Å²) in [4.78, 5) is 13.0. The van der Waals surface area contributed by atoms with Crippen molar-refractivity contribution in [3.8, 4) is 11.5 Å². The minimum atomic E-state index is -4.01. The van der Waals surface area contributed by atoms with Gasteiger partial charge >= 0.3 is 0 Å². The molecule has 4 aromatic carbocycles. The molecule has 0 saturated carbocycles. The summed E-state index contributed by atoms with van der Waals surface area (Å²) in [6.07, 6.45) is 1.44. The molecule has 0 aliphatic carbocycles. The highest BCUT2D eigenvalue weighted by atomic mass is 79.9. The van der Waals surface area contributed by atoms with Crippen LogP contribution in [0.2, 0.25) is 0 Å². The van der Waals surface area contributed by atoms with Crippen LogP contribution >= 0.6 is 15.9 Å². The van der Waals surface area contributed by atoms with Crippen molar-refractivity contribution < 1.29 is 22.7 Å². The number of ether oxygens (including phenoxy) is 2. The fraction of sp³-hybridized carbons (Fsp3) is 0.133. The number of nitrogens with zero attached hydrogens (tertiary/aromatic N) is 2. The molecule has 4 rings (SSSR count). The Kier molecular flexibility index (Phi) is 9.57. The van der Waals surface area contributed by atoms with Gasteiger partial charge in [0.15, 0.2) is 11.5 Å². The van der Waals surface area contributed by atoms with Crippen LogP contribution in [0.25, 0.3) is 0 Å². The number of sulfonamides is 1. The first-order valence-corrected chi connectivity index (χ1v) is 14.5. The largest absolute Gasteiger partial charge is 0.493 e. The molecule has 0 aliphatic rings. The van der Waals surface area contributed by atoms with Crippen molar-refractivity contribution in [2.24, 2.45) is 5.10 Å². The highest BCUT2D eigenvalue weighted by Crippen LogP contribution is 2.37. The zero-order chi connectivity index (χ0) is 28.5. The maximum atomic E-state index is 13.5. The molecule has 10 heteroatoms. The third kappa shape index (κ3) is 7.08. The monoisotopic (exact) mass is 621 g/mol. The summed E-state index contributed by atoms with van der Waals surface area (Å²) in [5.41, 5.74) is 5.19. The second-order valence-corrected chi connectivity index (χ2v) is 11.4. The number of amides is 1. The molecule has 0 aromatic heterocycles. The molecule has 0 heterocycles. The third-order valence-corrected chi connectivity index (χ3v) is 8.25. The predicted octanol–water partition coefficient (Wildman–Crippen LogP) is 5.69. The average Bonchev–Trinajstić information content (AvgIpc) is 2.96. The van der Waals surface area contributed by atoms with Gasteiger partial charge in [0.25, 0.3) is 15.9 Å². The second-order valence-electron chi connectivity index (χ2n) is 8.71. The fourth-order valence-electron chi connectivity index (χ4n) is 3.89. The summed E-state index contributed by atoms with van der Waals surface area (Å²) in [7, 11) is -2.48. The van der Waals surface area contributed by atoms with Crippen LogP contribution in [-0.2, 0) is 21.4 Å². The molecule has 0 radical (unpaired) electrons. The Morgan fingerprint density at radius 1 is 0.975 bits per heavy atom. The van der Waals surface area contributed by atoms with Crippen molar-refractivity contribution in [3.05, 3.63) is 118 Å². The Balaban J connectivity index is 1.49. The van der Waals surface area contributed by atoms with E-state index in [1.807, 2.05) is 30.3 Å². The summed E-state index contributed by atoms with van der Waals surface area (Å²) in [6, 6.07) is 28.2. The van der Waals surface area contributed by atoms with Crippen LogP contribution < -0.4 is 19.2 Å². The van der Waals surface area contributed by atoms with Gasteiger partial charge in [0.05, 0.1) is 28.4 Å². The van der Waals surface area contributed by atoms with Crippen LogP contribution in [-0.4, -0.2) is 34.2 Å². The number of para-hydroxylation sites is 1. The van der Waals surface area contributed by atoms with Crippen molar-refractivity contribution in [3.63, 3.8) is 0 Å². The Morgan fingerprint density at radius 3 is 2.30 bits per heavy atom. The van der Waals surface area contributed by atoms with Gasteiger partial charge in [0, 0.05) is 0 Å². The van der Waals surface area contributed by atoms with E-state index in [-0.39, 0.29) is 4.90 Å². The average molecular weight is 623 g/mol. The topological polar surface area (TPSA) is 97.3 Å². The van der Waals surface area contributed by atoms with E-state index in [2.05, 4.69) is 26.5 Å². The molecule has 0 fully saturated rings. The summed E-state index contributed by atoms with van der Waals surface area (Å²) < 4.78 is 40.1. The highest BCUT2D eigenvalue weighted by Gasteiger charge is 2.28. The maximum Gasteiger partial charge on any atom is 0.264 e. The van der Waals surface area contributed by atoms with E-state index in [1.165, 1.54) is 25.5 Å². The Bertz CT molecular complexity index is 1600. The molecular formula is C30H28BrN3O5S. The van der Waals surface area contributed by atoms with Gasteiger partial charge in [-0.05, 0) is 69.9 Å². The number of carbonyl (C=O) groups excluding carboxylic acids is 1. The van der Waals surface area contributed by atoms with Gasteiger partial charge in [-0.1, -0.05) is 66.7 Å². The van der Waals surface area contributed by atoms with E-state index in [0.717, 1.165) is 9.87 Å². The third-order valence-electron chi connectivity index (χ3n) is 5.88. The molecule has 1 N–H and O–H groups in total. The zero-order valence-electron chi connectivity index (χ0n) is 22.0. The first-order valence-electron chi connectivity index (χ1n) is 12.3. The lowest BCUT2D eigenvalue weighted by Crippen LogP contribution is -2.40. The minimum absolute atomic E-state index is 0.0843. The summed E-state index contributed by atoms with van der Waals surface area (Å²) in [5, 5.41) is 4.04. The summed E-state index contributed by atoms with van der Waals surface area (Å²) in [6.45, 7) is 1.69. The minimum Gasteiger partial charge on any atom is -0.493 e. The van der Waals surface area contributed by atoms with Gasteiger partial charge in [-0.25, -0.2) is 13.8 Å². The number of hydrazone groups is 1. The fourth-order valence-corrected chi connectivity index (χ4v) is 5.97. The number of anilines is 1. The number of hydrogen-bond donors (Lipinski definition) is 1. The lowest BCUT2D eigenvalue weighted by atomic mass is 10.2. The van der Waals surface area contributed by atoms with Crippen LogP contribution in [0.5, 0.6) is 11.5 Å². The molecule has 0 atom stereocenters. The molecule has 0 unspecified atom stereocenters. The van der Waals surface area contributed by atoms with Gasteiger partial charge in [-0.2, -0.15) is 5.10 Å². The van der Waals surface area contributed by atoms with Gasteiger partial charge in [-0.15, -0.1) is 0 Å². The van der Waals surface area contributed by atoms with E-state index in [1.54, 1.807) is 61.5 Å². The van der Waals surface area contributed by atoms with Crippen LogP contribution in [0.3, 0.4) is 0 Å². The number of carbonyl (C=O) groups is 1. The highest BCUT2D eigenvalue weighted by molar-refractivity contribution is 9.10. The number of nitrogens with one attached hydrogen (secondary N) is 1. The lowest BCUT2D eigenvalue weighted by molar-refractivity contribution is -0.119. The van der Waals surface area contributed by atoms with Crippen LogP contribution in [0.15, 0.2) is 112 Å². The standard InChI is InChI=1S/C30H28BrN3O5S/c1-22-11-9-10-16-27(22)34(40(36,37)25-14-7-4-8-15-25)20-29(35)33-32-19-24-17-26(31)30(28(18-24)38-2)39-21-23-12-5-3-6-13-23/h3-19H,20-21H2,1-2H3,(H,33,35)/b32-19-. The van der Waals surface area contributed by atoms with Crippen LogP contribution in [0.4, 0.5) is 5.69 Å². The van der Waals surface area contributed by atoms with E-state index >= 15 is 0 Å². The quantitative estimate of drug-likeness (QED) is 0.171. The number of rotatable bonds is 11. The van der Waals surface area contributed by atoms with Crippen LogP contribution in [0, 0.1) is 6.92 Å². The number of benzene rings is 4. The second kappa shape index (κ2) is 13.3. The van der Waals surface area contributed by atoms with Crippen molar-refractivity contribution in [1.29, 1.82) is 0 Å². The molecule has 1 amide bonds. The summed E-state index contributed by atoms with van der Waals surface area (Å²) >= 11 is 3.52. The first-order chi connectivity index (χ1) is 19.3. The Morgan fingerprint density at radius 2 is 1.62 bits per heavy atom. The van der Waals surface area contributed by atoms with Crippen LogP contribution in [0.1, 0.15) is 16.7 Å². The normalized spacial score (nSPS) is 11.3. The molecular weight excluding hydrogens is 594 g/mol. The predicted molar refractivity (Wildman–Crippen MR) is 159 cm³/mol. The zero-order valence-corrected chi connectivity index (χ0v) is 24.4. The van der Waals surface area contributed by atoms with Crippen molar-refractivity contribution >= 4 is 43.8 Å². The molecule has 206 valence electrons. The van der Waals surface area contributed by atoms with E-state index in [9.17, 15) is 13.2 Å². The molecule has 0 saturated heterocycles. The summed E-state index contributed by atoms with van der Waals surface area (Å²) in [5.74, 6) is 0.415. The van der Waals surface area contributed by atoms with Gasteiger partial charge < -0.3 is 9.47 Å².